The average molecular weight is 325 g/mol. The fourth-order valence-electron chi connectivity index (χ4n) is 3.87. The maximum Gasteiger partial charge on any atom is 0.410 e. The van der Waals surface area contributed by atoms with Crippen LogP contribution in [0.2, 0.25) is 0 Å². The number of nitrogens with zero attached hydrogens (tertiary/aromatic N) is 1. The molecular formula is C19H36N2O2. The third-order valence-corrected chi connectivity index (χ3v) is 5.25. The molecule has 23 heavy (non-hydrogen) atoms. The molecule has 1 saturated heterocycles. The average Bonchev–Trinajstić information content (AvgIpc) is 2.75. The Kier molecular flexibility index (Phi) is 6.75. The Morgan fingerprint density at radius 1 is 1.04 bits per heavy atom. The Balaban J connectivity index is 1.72. The number of ether oxygens (including phenoxy) is 1. The molecule has 4 heteroatoms. The number of hydrogen-bond donors (Lipinski definition) is 1. The third kappa shape index (κ3) is 6.33. The van der Waals surface area contributed by atoms with Gasteiger partial charge in [0, 0.05) is 25.2 Å². The summed E-state index contributed by atoms with van der Waals surface area (Å²) in [6.07, 6.45) is 10.3. The molecule has 4 nitrogen and oxygen atoms in total. The molecular weight excluding hydrogens is 288 g/mol. The highest BCUT2D eigenvalue weighted by atomic mass is 16.6. The van der Waals surface area contributed by atoms with Crippen molar-refractivity contribution in [1.82, 2.24) is 10.2 Å². The van der Waals surface area contributed by atoms with Crippen molar-refractivity contribution in [2.24, 2.45) is 5.92 Å². The first-order valence-corrected chi connectivity index (χ1v) is 9.59. The monoisotopic (exact) mass is 324 g/mol. The van der Waals surface area contributed by atoms with Crippen LogP contribution in [0.3, 0.4) is 0 Å². The Bertz CT molecular complexity index is 362. The summed E-state index contributed by atoms with van der Waals surface area (Å²) in [4.78, 5) is 14.0. The molecule has 2 rings (SSSR count). The minimum atomic E-state index is -0.403. The SMILES string of the molecule is C[C@H](NC1CCN(C(=O)OC(C)(C)C)CC1)C1CCCCCC1. The molecule has 1 aliphatic carbocycles. The zero-order valence-electron chi connectivity index (χ0n) is 15.6. The van der Waals surface area contributed by atoms with E-state index in [0.717, 1.165) is 31.8 Å². The summed E-state index contributed by atoms with van der Waals surface area (Å²) in [5, 5.41) is 3.85. The molecule has 1 amide bonds. The molecule has 2 aliphatic rings. The summed E-state index contributed by atoms with van der Waals surface area (Å²) >= 11 is 0. The molecule has 1 N–H and O–H groups in total. The van der Waals surface area contributed by atoms with Crippen molar-refractivity contribution in [2.45, 2.75) is 96.7 Å². The largest absolute Gasteiger partial charge is 0.444 e. The fraction of sp³-hybridized carbons (Fsp3) is 0.947. The fourth-order valence-corrected chi connectivity index (χ4v) is 3.87. The van der Waals surface area contributed by atoms with Crippen LogP contribution in [0.5, 0.6) is 0 Å². The third-order valence-electron chi connectivity index (χ3n) is 5.25. The Hall–Kier alpha value is -0.770. The molecule has 0 spiro atoms. The van der Waals surface area contributed by atoms with E-state index in [1.165, 1.54) is 38.5 Å². The van der Waals surface area contributed by atoms with E-state index in [9.17, 15) is 4.79 Å². The summed E-state index contributed by atoms with van der Waals surface area (Å²) in [5.41, 5.74) is -0.403. The standard InChI is InChI=1S/C19H36N2O2/c1-15(16-9-7-5-6-8-10-16)20-17-11-13-21(14-12-17)18(22)23-19(2,3)4/h15-17,20H,5-14H2,1-4H3/t15-/m0/s1. The molecule has 134 valence electrons. The second kappa shape index (κ2) is 8.36. The topological polar surface area (TPSA) is 41.6 Å². The van der Waals surface area contributed by atoms with Crippen LogP contribution in [0.4, 0.5) is 4.79 Å². The first kappa shape index (κ1) is 18.6. The molecule has 2 fully saturated rings. The van der Waals surface area contributed by atoms with Crippen LogP contribution in [-0.2, 0) is 4.74 Å². The van der Waals surface area contributed by atoms with Crippen LogP contribution < -0.4 is 5.32 Å². The van der Waals surface area contributed by atoms with Gasteiger partial charge in [-0.25, -0.2) is 4.79 Å². The van der Waals surface area contributed by atoms with E-state index in [0.29, 0.717) is 12.1 Å². The number of rotatable bonds is 3. The summed E-state index contributed by atoms with van der Waals surface area (Å²) in [6.45, 7) is 9.75. The predicted molar refractivity (Wildman–Crippen MR) is 94.6 cm³/mol. The van der Waals surface area contributed by atoms with Gasteiger partial charge in [0.25, 0.3) is 0 Å². The number of nitrogens with one attached hydrogen (secondary N) is 1. The lowest BCUT2D eigenvalue weighted by Gasteiger charge is -2.36. The summed E-state index contributed by atoms with van der Waals surface area (Å²) < 4.78 is 5.47. The second-order valence-electron chi connectivity index (χ2n) is 8.45. The van der Waals surface area contributed by atoms with Crippen molar-refractivity contribution in [1.29, 1.82) is 0 Å². The predicted octanol–water partition coefficient (Wildman–Crippen LogP) is 4.33. The highest BCUT2D eigenvalue weighted by Gasteiger charge is 2.28. The first-order valence-electron chi connectivity index (χ1n) is 9.59. The van der Waals surface area contributed by atoms with Crippen LogP contribution in [0.25, 0.3) is 0 Å². The van der Waals surface area contributed by atoms with Gasteiger partial charge in [-0.2, -0.15) is 0 Å². The Morgan fingerprint density at radius 3 is 2.13 bits per heavy atom. The van der Waals surface area contributed by atoms with Gasteiger partial charge in [0.05, 0.1) is 0 Å². The molecule has 1 aliphatic heterocycles. The van der Waals surface area contributed by atoms with Crippen LogP contribution >= 0.6 is 0 Å². The van der Waals surface area contributed by atoms with Crippen molar-refractivity contribution in [3.8, 4) is 0 Å². The normalized spacial score (nSPS) is 23.4. The van der Waals surface area contributed by atoms with E-state index in [1.807, 2.05) is 25.7 Å². The van der Waals surface area contributed by atoms with Gasteiger partial charge in [0.2, 0.25) is 0 Å². The first-order chi connectivity index (χ1) is 10.8. The Labute approximate surface area is 142 Å². The number of piperidine rings is 1. The van der Waals surface area contributed by atoms with Crippen molar-refractivity contribution in [3.05, 3.63) is 0 Å². The van der Waals surface area contributed by atoms with Crippen molar-refractivity contribution in [3.63, 3.8) is 0 Å². The van der Waals surface area contributed by atoms with Crippen LogP contribution in [0, 0.1) is 5.92 Å². The van der Waals surface area contributed by atoms with Gasteiger partial charge in [-0.15, -0.1) is 0 Å². The van der Waals surface area contributed by atoms with Gasteiger partial charge >= 0.3 is 6.09 Å². The van der Waals surface area contributed by atoms with Gasteiger partial charge in [-0.1, -0.05) is 25.7 Å². The lowest BCUT2D eigenvalue weighted by molar-refractivity contribution is 0.0194. The summed E-state index contributed by atoms with van der Waals surface area (Å²) in [6, 6.07) is 1.15. The Morgan fingerprint density at radius 2 is 1.61 bits per heavy atom. The number of carbonyl (C=O) groups is 1. The molecule has 1 heterocycles. The maximum atomic E-state index is 12.1. The molecule has 0 aromatic carbocycles. The van der Waals surface area contributed by atoms with Gasteiger partial charge in [0.15, 0.2) is 0 Å². The summed E-state index contributed by atoms with van der Waals surface area (Å²) in [5.74, 6) is 0.835. The van der Waals surface area contributed by atoms with E-state index in [2.05, 4.69) is 12.2 Å². The molecule has 0 bridgehead atoms. The smallest absolute Gasteiger partial charge is 0.410 e. The highest BCUT2D eigenvalue weighted by molar-refractivity contribution is 5.68. The second-order valence-corrected chi connectivity index (χ2v) is 8.45. The van der Waals surface area contributed by atoms with E-state index in [4.69, 9.17) is 4.74 Å². The molecule has 0 aromatic rings. The molecule has 0 unspecified atom stereocenters. The van der Waals surface area contributed by atoms with Gasteiger partial charge < -0.3 is 15.0 Å². The van der Waals surface area contributed by atoms with Crippen LogP contribution in [-0.4, -0.2) is 41.8 Å². The molecule has 1 saturated carbocycles. The quantitative estimate of drug-likeness (QED) is 0.785. The minimum absolute atomic E-state index is 0.159. The zero-order valence-corrected chi connectivity index (χ0v) is 15.6. The van der Waals surface area contributed by atoms with Gasteiger partial charge in [-0.3, -0.25) is 0 Å². The number of amides is 1. The van der Waals surface area contributed by atoms with E-state index < -0.39 is 5.60 Å². The minimum Gasteiger partial charge on any atom is -0.444 e. The lowest BCUT2D eigenvalue weighted by atomic mass is 9.91. The molecule has 0 aromatic heterocycles. The van der Waals surface area contributed by atoms with E-state index >= 15 is 0 Å². The molecule has 0 radical (unpaired) electrons. The number of hydrogen-bond acceptors (Lipinski definition) is 3. The van der Waals surface area contributed by atoms with Crippen molar-refractivity contribution >= 4 is 6.09 Å². The van der Waals surface area contributed by atoms with E-state index in [1.54, 1.807) is 0 Å². The number of carbonyl (C=O) groups excluding carboxylic acids is 1. The maximum absolute atomic E-state index is 12.1. The van der Waals surface area contributed by atoms with Crippen LogP contribution in [0.15, 0.2) is 0 Å². The van der Waals surface area contributed by atoms with Crippen molar-refractivity contribution < 1.29 is 9.53 Å². The highest BCUT2D eigenvalue weighted by Crippen LogP contribution is 2.26. The zero-order chi connectivity index (χ0) is 16.9. The van der Waals surface area contributed by atoms with Crippen LogP contribution in [0.1, 0.15) is 79.1 Å². The van der Waals surface area contributed by atoms with E-state index in [-0.39, 0.29) is 6.09 Å². The van der Waals surface area contributed by atoms with Gasteiger partial charge in [-0.05, 0) is 59.3 Å². The lowest BCUT2D eigenvalue weighted by Crippen LogP contribution is -2.49. The van der Waals surface area contributed by atoms with Gasteiger partial charge in [0.1, 0.15) is 5.60 Å². The summed E-state index contributed by atoms with van der Waals surface area (Å²) in [7, 11) is 0. The molecule has 1 atom stereocenters. The van der Waals surface area contributed by atoms with Crippen molar-refractivity contribution in [2.75, 3.05) is 13.1 Å². The number of likely N-dealkylation sites (tertiary alicyclic amines) is 1.